The predicted molar refractivity (Wildman–Crippen MR) is 44.8 cm³/mol. The Morgan fingerprint density at radius 2 is 2.42 bits per heavy atom. The minimum atomic E-state index is -0.844. The van der Waals surface area contributed by atoms with Gasteiger partial charge in [0.1, 0.15) is 0 Å². The van der Waals surface area contributed by atoms with Crippen molar-refractivity contribution in [3.05, 3.63) is 24.2 Å². The van der Waals surface area contributed by atoms with E-state index < -0.39 is 5.60 Å². The molecule has 1 unspecified atom stereocenters. The first-order valence-electron chi connectivity index (χ1n) is 3.91. The molecule has 1 N–H and O–H groups in total. The van der Waals surface area contributed by atoms with E-state index in [-0.39, 0.29) is 0 Å². The van der Waals surface area contributed by atoms with Crippen LogP contribution in [0.1, 0.15) is 18.9 Å². The van der Waals surface area contributed by atoms with Gasteiger partial charge in [0.15, 0.2) is 0 Å². The average molecular weight is 170 g/mol. The number of ether oxygens (including phenoxy) is 1. The minimum Gasteiger partial charge on any atom is -0.472 e. The molecule has 0 amide bonds. The molecule has 0 aromatic carbocycles. The lowest BCUT2D eigenvalue weighted by Gasteiger charge is -2.20. The van der Waals surface area contributed by atoms with E-state index in [9.17, 15) is 5.11 Å². The standard InChI is InChI=1S/C9H14O3/c1-9(10,4-6-11-2)8-3-5-12-7-8/h3,5,7,10H,4,6H2,1-2H3. The zero-order valence-corrected chi connectivity index (χ0v) is 7.41. The minimum absolute atomic E-state index is 0.540. The molecular formula is C9H14O3. The molecule has 0 saturated heterocycles. The number of rotatable bonds is 4. The summed E-state index contributed by atoms with van der Waals surface area (Å²) >= 11 is 0. The van der Waals surface area contributed by atoms with Crippen molar-refractivity contribution in [1.82, 2.24) is 0 Å². The van der Waals surface area contributed by atoms with Gasteiger partial charge in [0, 0.05) is 25.7 Å². The molecule has 0 spiro atoms. The molecule has 3 heteroatoms. The lowest BCUT2D eigenvalue weighted by Crippen LogP contribution is -2.22. The Morgan fingerprint density at radius 1 is 1.67 bits per heavy atom. The predicted octanol–water partition coefficient (Wildman–Crippen LogP) is 1.52. The van der Waals surface area contributed by atoms with Crippen LogP contribution in [0.3, 0.4) is 0 Å². The van der Waals surface area contributed by atoms with Crippen LogP contribution < -0.4 is 0 Å². The van der Waals surface area contributed by atoms with E-state index in [0.717, 1.165) is 5.56 Å². The molecular weight excluding hydrogens is 156 g/mol. The third-order valence-electron chi connectivity index (χ3n) is 1.94. The smallest absolute Gasteiger partial charge is 0.0963 e. The molecule has 1 atom stereocenters. The van der Waals surface area contributed by atoms with Gasteiger partial charge in [0.2, 0.25) is 0 Å². The number of aliphatic hydroxyl groups is 1. The van der Waals surface area contributed by atoms with E-state index >= 15 is 0 Å². The first kappa shape index (κ1) is 9.29. The van der Waals surface area contributed by atoms with Gasteiger partial charge < -0.3 is 14.3 Å². The Hall–Kier alpha value is -0.800. The van der Waals surface area contributed by atoms with Crippen molar-refractivity contribution in [2.24, 2.45) is 0 Å². The number of methoxy groups -OCH3 is 1. The Labute approximate surface area is 72.0 Å². The van der Waals surface area contributed by atoms with Crippen LogP contribution in [0.2, 0.25) is 0 Å². The van der Waals surface area contributed by atoms with Crippen LogP contribution in [-0.2, 0) is 10.3 Å². The summed E-state index contributed by atoms with van der Waals surface area (Å²) in [6.07, 6.45) is 3.68. The Morgan fingerprint density at radius 3 is 2.92 bits per heavy atom. The summed E-state index contributed by atoms with van der Waals surface area (Å²) in [5, 5.41) is 9.87. The SMILES string of the molecule is COCCC(C)(O)c1ccoc1. The van der Waals surface area contributed by atoms with E-state index in [4.69, 9.17) is 9.15 Å². The third kappa shape index (κ3) is 2.09. The summed E-state index contributed by atoms with van der Waals surface area (Å²) in [7, 11) is 1.62. The maximum absolute atomic E-state index is 9.87. The summed E-state index contributed by atoms with van der Waals surface area (Å²) in [5.74, 6) is 0. The average Bonchev–Trinajstić information content (AvgIpc) is 2.53. The van der Waals surface area contributed by atoms with E-state index in [0.29, 0.717) is 13.0 Å². The number of furan rings is 1. The van der Waals surface area contributed by atoms with Crippen molar-refractivity contribution in [3.8, 4) is 0 Å². The molecule has 0 bridgehead atoms. The summed E-state index contributed by atoms with van der Waals surface area (Å²) in [4.78, 5) is 0. The Bertz CT molecular complexity index is 214. The molecule has 1 aromatic heterocycles. The summed E-state index contributed by atoms with van der Waals surface area (Å²) in [5.41, 5.74) is -0.0530. The van der Waals surface area contributed by atoms with Crippen molar-refractivity contribution < 1.29 is 14.3 Å². The van der Waals surface area contributed by atoms with E-state index in [1.165, 1.54) is 0 Å². The largest absolute Gasteiger partial charge is 0.472 e. The van der Waals surface area contributed by atoms with Crippen LogP contribution in [-0.4, -0.2) is 18.8 Å². The first-order valence-corrected chi connectivity index (χ1v) is 3.91. The lowest BCUT2D eigenvalue weighted by atomic mass is 9.96. The molecule has 1 rings (SSSR count). The summed E-state index contributed by atoms with van der Waals surface area (Å²) in [6.45, 7) is 2.29. The van der Waals surface area contributed by atoms with Crippen LogP contribution in [0.4, 0.5) is 0 Å². The first-order chi connectivity index (χ1) is 5.67. The maximum Gasteiger partial charge on any atom is 0.0963 e. The summed E-state index contributed by atoms with van der Waals surface area (Å²) in [6, 6.07) is 1.76. The molecule has 0 fully saturated rings. The Kier molecular flexibility index (Phi) is 2.89. The van der Waals surface area contributed by atoms with E-state index in [2.05, 4.69) is 0 Å². The molecule has 0 saturated carbocycles. The van der Waals surface area contributed by atoms with Crippen LogP contribution in [0.15, 0.2) is 23.0 Å². The highest BCUT2D eigenvalue weighted by Gasteiger charge is 2.23. The maximum atomic E-state index is 9.87. The molecule has 0 aliphatic carbocycles. The molecule has 12 heavy (non-hydrogen) atoms. The van der Waals surface area contributed by atoms with Gasteiger partial charge in [0.25, 0.3) is 0 Å². The summed E-state index contributed by atoms with van der Waals surface area (Å²) < 4.78 is 9.77. The second kappa shape index (κ2) is 3.74. The van der Waals surface area contributed by atoms with Gasteiger partial charge in [-0.05, 0) is 13.0 Å². The van der Waals surface area contributed by atoms with E-state index in [1.54, 1.807) is 32.6 Å². The topological polar surface area (TPSA) is 42.6 Å². The lowest BCUT2D eigenvalue weighted by molar-refractivity contribution is 0.0206. The van der Waals surface area contributed by atoms with Crippen LogP contribution in [0.5, 0.6) is 0 Å². The van der Waals surface area contributed by atoms with Gasteiger partial charge in [-0.15, -0.1) is 0 Å². The van der Waals surface area contributed by atoms with Crippen molar-refractivity contribution in [2.75, 3.05) is 13.7 Å². The molecule has 0 aliphatic heterocycles. The van der Waals surface area contributed by atoms with Gasteiger partial charge in [-0.1, -0.05) is 0 Å². The second-order valence-electron chi connectivity index (χ2n) is 3.03. The van der Waals surface area contributed by atoms with Gasteiger partial charge >= 0.3 is 0 Å². The quantitative estimate of drug-likeness (QED) is 0.745. The number of hydrogen-bond acceptors (Lipinski definition) is 3. The highest BCUT2D eigenvalue weighted by molar-refractivity contribution is 5.14. The number of hydrogen-bond donors (Lipinski definition) is 1. The molecule has 0 radical (unpaired) electrons. The van der Waals surface area contributed by atoms with Crippen LogP contribution in [0.25, 0.3) is 0 Å². The highest BCUT2D eigenvalue weighted by atomic mass is 16.5. The zero-order chi connectivity index (χ0) is 9.03. The third-order valence-corrected chi connectivity index (χ3v) is 1.94. The zero-order valence-electron chi connectivity index (χ0n) is 7.41. The fraction of sp³-hybridized carbons (Fsp3) is 0.556. The molecule has 3 nitrogen and oxygen atoms in total. The Balaban J connectivity index is 2.59. The van der Waals surface area contributed by atoms with Crippen LogP contribution in [0, 0.1) is 0 Å². The van der Waals surface area contributed by atoms with Crippen molar-refractivity contribution >= 4 is 0 Å². The fourth-order valence-electron chi connectivity index (χ4n) is 1.02. The monoisotopic (exact) mass is 170 g/mol. The van der Waals surface area contributed by atoms with Gasteiger partial charge in [-0.2, -0.15) is 0 Å². The second-order valence-corrected chi connectivity index (χ2v) is 3.03. The molecule has 0 aliphatic rings. The molecule has 1 aromatic rings. The van der Waals surface area contributed by atoms with Crippen LogP contribution >= 0.6 is 0 Å². The van der Waals surface area contributed by atoms with Gasteiger partial charge in [-0.3, -0.25) is 0 Å². The fourth-order valence-corrected chi connectivity index (χ4v) is 1.02. The normalized spacial score (nSPS) is 15.9. The molecule has 1 heterocycles. The molecule has 68 valence electrons. The van der Waals surface area contributed by atoms with Crippen molar-refractivity contribution in [3.63, 3.8) is 0 Å². The van der Waals surface area contributed by atoms with E-state index in [1.807, 2.05) is 0 Å². The van der Waals surface area contributed by atoms with Crippen molar-refractivity contribution in [2.45, 2.75) is 18.9 Å². The highest BCUT2D eigenvalue weighted by Crippen LogP contribution is 2.24. The van der Waals surface area contributed by atoms with Gasteiger partial charge in [-0.25, -0.2) is 0 Å². The van der Waals surface area contributed by atoms with Crippen molar-refractivity contribution in [1.29, 1.82) is 0 Å². The van der Waals surface area contributed by atoms with Gasteiger partial charge in [0.05, 0.1) is 18.1 Å².